The monoisotopic (exact) mass is 296 g/mol. The number of rotatable bonds is 5. The highest BCUT2D eigenvalue weighted by molar-refractivity contribution is 7.89. The normalized spacial score (nSPS) is 15.6. The second-order valence-corrected chi connectivity index (χ2v) is 7.40. The average molecular weight is 296 g/mol. The van der Waals surface area contributed by atoms with Gasteiger partial charge in [0.2, 0.25) is 10.0 Å². The van der Waals surface area contributed by atoms with Crippen LogP contribution in [-0.2, 0) is 16.4 Å². The molecule has 5 heteroatoms. The predicted octanol–water partition coefficient (Wildman–Crippen LogP) is 2.90. The lowest BCUT2D eigenvalue weighted by atomic mass is 9.98. The molecule has 1 aliphatic rings. The van der Waals surface area contributed by atoms with Gasteiger partial charge in [-0.1, -0.05) is 13.8 Å². The van der Waals surface area contributed by atoms with E-state index in [0.717, 1.165) is 43.5 Å². The van der Waals surface area contributed by atoms with Crippen LogP contribution in [0.2, 0.25) is 0 Å². The van der Waals surface area contributed by atoms with Crippen molar-refractivity contribution in [2.75, 3.05) is 11.9 Å². The summed E-state index contributed by atoms with van der Waals surface area (Å²) >= 11 is 0. The number of aryl methyl sites for hydroxylation is 1. The Kier molecular flexibility index (Phi) is 4.39. The lowest BCUT2D eigenvalue weighted by Gasteiger charge is -2.28. The molecule has 0 radical (unpaired) electrons. The Bertz CT molecular complexity index is 578. The number of nitrogens with one attached hydrogen (secondary N) is 2. The molecule has 0 fully saturated rings. The van der Waals surface area contributed by atoms with Crippen LogP contribution in [-0.4, -0.2) is 20.5 Å². The predicted molar refractivity (Wildman–Crippen MR) is 82.6 cm³/mol. The first kappa shape index (κ1) is 15.3. The first-order valence-corrected chi connectivity index (χ1v) is 8.79. The van der Waals surface area contributed by atoms with Crippen molar-refractivity contribution >= 4 is 15.7 Å². The molecule has 2 N–H and O–H groups in total. The largest absolute Gasteiger partial charge is 0.385 e. The van der Waals surface area contributed by atoms with Gasteiger partial charge < -0.3 is 5.32 Å². The van der Waals surface area contributed by atoms with Crippen LogP contribution in [0, 0.1) is 0 Å². The van der Waals surface area contributed by atoms with E-state index >= 15 is 0 Å². The molecule has 0 saturated carbocycles. The minimum Gasteiger partial charge on any atom is -0.385 e. The molecule has 0 aromatic heterocycles. The summed E-state index contributed by atoms with van der Waals surface area (Å²) in [6, 6.07) is 5.36. The van der Waals surface area contributed by atoms with Gasteiger partial charge in [-0.3, -0.25) is 0 Å². The zero-order valence-electron chi connectivity index (χ0n) is 12.5. The maximum atomic E-state index is 12.5. The van der Waals surface area contributed by atoms with Gasteiger partial charge in [-0.2, -0.15) is 0 Å². The van der Waals surface area contributed by atoms with Crippen LogP contribution in [0.3, 0.4) is 0 Å². The molecule has 0 spiro atoms. The second-order valence-electron chi connectivity index (χ2n) is 5.72. The van der Waals surface area contributed by atoms with E-state index in [1.165, 1.54) is 0 Å². The number of anilines is 1. The number of sulfonamides is 1. The highest BCUT2D eigenvalue weighted by Gasteiger charge is 2.27. The number of benzene rings is 1. The van der Waals surface area contributed by atoms with Gasteiger partial charge in [-0.25, -0.2) is 13.1 Å². The van der Waals surface area contributed by atoms with E-state index in [0.29, 0.717) is 4.90 Å². The Labute approximate surface area is 122 Å². The van der Waals surface area contributed by atoms with Gasteiger partial charge in [-0.15, -0.1) is 0 Å². The maximum absolute atomic E-state index is 12.5. The Balaban J connectivity index is 2.30. The molecule has 4 nitrogen and oxygen atoms in total. The molecule has 20 heavy (non-hydrogen) atoms. The summed E-state index contributed by atoms with van der Waals surface area (Å²) in [7, 11) is -3.45. The minimum absolute atomic E-state index is 0.369. The van der Waals surface area contributed by atoms with Crippen LogP contribution in [0.1, 0.15) is 45.6 Å². The molecule has 0 amide bonds. The zero-order chi connectivity index (χ0) is 14.8. The first-order valence-electron chi connectivity index (χ1n) is 7.31. The molecule has 2 rings (SSSR count). The van der Waals surface area contributed by atoms with Crippen molar-refractivity contribution in [3.63, 3.8) is 0 Å². The van der Waals surface area contributed by atoms with Crippen LogP contribution in [0.4, 0.5) is 5.69 Å². The van der Waals surface area contributed by atoms with Crippen LogP contribution >= 0.6 is 0 Å². The summed E-state index contributed by atoms with van der Waals surface area (Å²) in [6.07, 6.45) is 3.53. The third-order valence-electron chi connectivity index (χ3n) is 4.27. The summed E-state index contributed by atoms with van der Waals surface area (Å²) in [5.74, 6) is 0. The lowest BCUT2D eigenvalue weighted by molar-refractivity contribution is 0.388. The van der Waals surface area contributed by atoms with Crippen LogP contribution < -0.4 is 10.0 Å². The molecule has 0 unspecified atom stereocenters. The summed E-state index contributed by atoms with van der Waals surface area (Å²) < 4.78 is 27.9. The standard InChI is InChI=1S/C15H24N2O2S/c1-4-15(3,5-2)17-20(18,19)13-8-9-14-12(11-13)7-6-10-16-14/h8-9,11,16-17H,4-7,10H2,1-3H3. The van der Waals surface area contributed by atoms with Crippen LogP contribution in [0.25, 0.3) is 0 Å². The molecule has 112 valence electrons. The van der Waals surface area contributed by atoms with Crippen LogP contribution in [0.5, 0.6) is 0 Å². The minimum atomic E-state index is -3.45. The van der Waals surface area contributed by atoms with Crippen molar-refractivity contribution < 1.29 is 8.42 Å². The molecule has 1 aromatic carbocycles. The molecule has 0 atom stereocenters. The van der Waals surface area contributed by atoms with Crippen molar-refractivity contribution in [1.29, 1.82) is 0 Å². The number of hydrogen-bond acceptors (Lipinski definition) is 3. The van der Waals surface area contributed by atoms with Crippen molar-refractivity contribution in [3.8, 4) is 0 Å². The van der Waals surface area contributed by atoms with Gasteiger partial charge in [0, 0.05) is 17.8 Å². The van der Waals surface area contributed by atoms with E-state index in [2.05, 4.69) is 10.0 Å². The summed E-state index contributed by atoms with van der Waals surface area (Å²) in [5, 5.41) is 3.30. The summed E-state index contributed by atoms with van der Waals surface area (Å²) in [4.78, 5) is 0.369. The second kappa shape index (κ2) is 5.74. The molecule has 0 saturated heterocycles. The van der Waals surface area contributed by atoms with Crippen LogP contribution in [0.15, 0.2) is 23.1 Å². The van der Waals surface area contributed by atoms with E-state index in [1.807, 2.05) is 26.8 Å². The van der Waals surface area contributed by atoms with Gasteiger partial charge in [0.25, 0.3) is 0 Å². The Morgan fingerprint density at radius 3 is 2.65 bits per heavy atom. The molecule has 1 heterocycles. The van der Waals surface area contributed by atoms with E-state index in [1.54, 1.807) is 12.1 Å². The zero-order valence-corrected chi connectivity index (χ0v) is 13.3. The number of hydrogen-bond donors (Lipinski definition) is 2. The van der Waals surface area contributed by atoms with E-state index in [-0.39, 0.29) is 5.54 Å². The molecule has 0 bridgehead atoms. The Morgan fingerprint density at radius 2 is 2.00 bits per heavy atom. The van der Waals surface area contributed by atoms with Gasteiger partial charge in [-0.05, 0) is 56.4 Å². The Morgan fingerprint density at radius 1 is 1.30 bits per heavy atom. The van der Waals surface area contributed by atoms with Gasteiger partial charge in [0.15, 0.2) is 0 Å². The van der Waals surface area contributed by atoms with Crippen molar-refractivity contribution in [2.45, 2.75) is 56.9 Å². The molecule has 1 aromatic rings. The van der Waals surface area contributed by atoms with Gasteiger partial charge in [0.1, 0.15) is 0 Å². The van der Waals surface area contributed by atoms with Gasteiger partial charge >= 0.3 is 0 Å². The third-order valence-corrected chi connectivity index (χ3v) is 5.90. The third kappa shape index (κ3) is 3.15. The Hall–Kier alpha value is -1.07. The maximum Gasteiger partial charge on any atom is 0.241 e. The van der Waals surface area contributed by atoms with E-state index < -0.39 is 10.0 Å². The molecule has 1 aliphatic heterocycles. The van der Waals surface area contributed by atoms with Gasteiger partial charge in [0.05, 0.1) is 4.90 Å². The quantitative estimate of drug-likeness (QED) is 0.878. The molecular weight excluding hydrogens is 272 g/mol. The highest BCUT2D eigenvalue weighted by atomic mass is 32.2. The fraction of sp³-hybridized carbons (Fsp3) is 0.600. The van der Waals surface area contributed by atoms with E-state index in [9.17, 15) is 8.42 Å². The topological polar surface area (TPSA) is 58.2 Å². The molecular formula is C15H24N2O2S. The average Bonchev–Trinajstić information content (AvgIpc) is 2.46. The fourth-order valence-corrected chi connectivity index (χ4v) is 4.00. The highest BCUT2D eigenvalue weighted by Crippen LogP contribution is 2.26. The number of fused-ring (bicyclic) bond motifs is 1. The van der Waals surface area contributed by atoms with Crippen molar-refractivity contribution in [3.05, 3.63) is 23.8 Å². The van der Waals surface area contributed by atoms with Crippen molar-refractivity contribution in [2.24, 2.45) is 0 Å². The fourth-order valence-electron chi connectivity index (χ4n) is 2.40. The van der Waals surface area contributed by atoms with E-state index in [4.69, 9.17) is 0 Å². The summed E-state index contributed by atoms with van der Waals surface area (Å²) in [5.41, 5.74) is 1.77. The SMILES string of the molecule is CCC(C)(CC)NS(=O)(=O)c1ccc2c(c1)CCCN2. The summed E-state index contributed by atoms with van der Waals surface area (Å²) in [6.45, 7) is 6.91. The smallest absolute Gasteiger partial charge is 0.241 e. The first-order chi connectivity index (χ1) is 9.40. The lowest BCUT2D eigenvalue weighted by Crippen LogP contribution is -2.44. The van der Waals surface area contributed by atoms with Crippen molar-refractivity contribution in [1.82, 2.24) is 4.72 Å². The molecule has 0 aliphatic carbocycles.